The lowest BCUT2D eigenvalue weighted by molar-refractivity contribution is 0.413. The summed E-state index contributed by atoms with van der Waals surface area (Å²) in [5.41, 5.74) is 0.910. The smallest absolute Gasteiger partial charge is 0.189 e. The molecule has 0 unspecified atom stereocenters. The molecule has 2 aromatic heterocycles. The number of ether oxygens (including phenoxy) is 2. The molecule has 0 aliphatic rings. The number of nitrogens with zero attached hydrogens (tertiary/aromatic N) is 2. The first-order chi connectivity index (χ1) is 14.6. The second kappa shape index (κ2) is 9.38. The average Bonchev–Trinajstić information content (AvgIpc) is 3.10. The second-order valence-electron chi connectivity index (χ2n) is 6.18. The van der Waals surface area contributed by atoms with Crippen molar-refractivity contribution in [3.05, 3.63) is 77.6 Å². The topological polar surface area (TPSA) is 56.3 Å². The van der Waals surface area contributed by atoms with E-state index in [-0.39, 0.29) is 0 Å². The van der Waals surface area contributed by atoms with Gasteiger partial charge < -0.3 is 14.8 Å². The minimum absolute atomic E-state index is 0.603. The number of thiazole rings is 1. The molecule has 4 rings (SSSR count). The van der Waals surface area contributed by atoms with E-state index in [0.29, 0.717) is 16.6 Å². The number of aromatic nitrogens is 2. The summed E-state index contributed by atoms with van der Waals surface area (Å²) in [4.78, 5) is 9.97. The maximum absolute atomic E-state index is 6.36. The summed E-state index contributed by atoms with van der Waals surface area (Å²) >= 11 is 9.45. The van der Waals surface area contributed by atoms with Crippen LogP contribution >= 0.6 is 34.7 Å². The van der Waals surface area contributed by atoms with E-state index < -0.39 is 0 Å². The largest absolute Gasteiger partial charge is 0.497 e. The van der Waals surface area contributed by atoms with Crippen LogP contribution in [0.25, 0.3) is 0 Å². The third-order valence-electron chi connectivity index (χ3n) is 4.06. The van der Waals surface area contributed by atoms with Crippen LogP contribution in [0.4, 0.5) is 10.9 Å². The molecule has 0 fully saturated rings. The zero-order chi connectivity index (χ0) is 20.9. The van der Waals surface area contributed by atoms with Crippen LogP contribution in [0.15, 0.2) is 76.0 Å². The van der Waals surface area contributed by atoms with E-state index in [4.69, 9.17) is 21.1 Å². The van der Waals surface area contributed by atoms with Crippen molar-refractivity contribution in [2.75, 3.05) is 12.4 Å². The number of nitrogens with one attached hydrogen (secondary N) is 1. The summed E-state index contributed by atoms with van der Waals surface area (Å²) in [6, 6.07) is 18.9. The molecule has 30 heavy (non-hydrogen) atoms. The minimum atomic E-state index is 0.603. The van der Waals surface area contributed by atoms with Crippen LogP contribution in [0, 0.1) is 6.92 Å². The van der Waals surface area contributed by atoms with Crippen LogP contribution in [0.3, 0.4) is 0 Å². The van der Waals surface area contributed by atoms with Crippen molar-refractivity contribution in [1.82, 2.24) is 9.97 Å². The quantitative estimate of drug-likeness (QED) is 0.318. The summed E-state index contributed by atoms with van der Waals surface area (Å²) in [6.45, 7) is 1.97. The van der Waals surface area contributed by atoms with Gasteiger partial charge in [-0.1, -0.05) is 52.9 Å². The van der Waals surface area contributed by atoms with Crippen LogP contribution < -0.4 is 14.8 Å². The fourth-order valence-electron chi connectivity index (χ4n) is 2.60. The van der Waals surface area contributed by atoms with Gasteiger partial charge in [-0.25, -0.2) is 9.97 Å². The summed E-state index contributed by atoms with van der Waals surface area (Å²) in [7, 11) is 1.64. The van der Waals surface area contributed by atoms with Crippen molar-refractivity contribution in [3.63, 3.8) is 0 Å². The molecule has 4 aromatic rings. The van der Waals surface area contributed by atoms with E-state index in [1.54, 1.807) is 25.1 Å². The molecule has 1 N–H and O–H groups in total. The molecule has 2 aromatic carbocycles. The number of hydrogen-bond donors (Lipinski definition) is 1. The van der Waals surface area contributed by atoms with Crippen molar-refractivity contribution in [2.24, 2.45) is 0 Å². The number of para-hydroxylation sites is 1. The van der Waals surface area contributed by atoms with Gasteiger partial charge in [0.05, 0.1) is 22.0 Å². The third-order valence-corrected chi connectivity index (χ3v) is 6.91. The Morgan fingerprint density at radius 2 is 1.87 bits per heavy atom. The maximum Gasteiger partial charge on any atom is 0.189 e. The summed E-state index contributed by atoms with van der Waals surface area (Å²) in [5.74, 6) is 2.74. The number of aryl methyl sites for hydroxylation is 1. The Hall–Kier alpha value is -2.74. The highest BCUT2D eigenvalue weighted by Gasteiger charge is 2.14. The number of rotatable bonds is 7. The zero-order valence-electron chi connectivity index (χ0n) is 16.3. The number of hydrogen-bond acceptors (Lipinski definition) is 7. The Kier molecular flexibility index (Phi) is 6.42. The standard InChI is InChI=1S/C22H18ClN3O2S2/c1-14-21(29-19-13-16(27-2)10-11-17(19)23)30-22(25-14)26-20-18(9-6-12-24-20)28-15-7-4-3-5-8-15/h3-13H,1-2H3,(H,24,25,26). The van der Waals surface area contributed by atoms with Crippen molar-refractivity contribution in [3.8, 4) is 17.2 Å². The second-order valence-corrected chi connectivity index (χ2v) is 8.90. The van der Waals surface area contributed by atoms with E-state index in [9.17, 15) is 0 Å². The molecule has 0 saturated carbocycles. The van der Waals surface area contributed by atoms with Gasteiger partial charge in [0.25, 0.3) is 0 Å². The van der Waals surface area contributed by atoms with Gasteiger partial charge in [0.15, 0.2) is 16.7 Å². The van der Waals surface area contributed by atoms with Gasteiger partial charge in [0.1, 0.15) is 11.5 Å². The average molecular weight is 456 g/mol. The summed E-state index contributed by atoms with van der Waals surface area (Å²) in [5, 5.41) is 4.68. The first-order valence-corrected chi connectivity index (χ1v) is 11.1. The summed E-state index contributed by atoms with van der Waals surface area (Å²) in [6.07, 6.45) is 1.71. The Morgan fingerprint density at radius 1 is 1.03 bits per heavy atom. The maximum atomic E-state index is 6.36. The van der Waals surface area contributed by atoms with Gasteiger partial charge >= 0.3 is 0 Å². The molecule has 0 aliphatic heterocycles. The molecule has 0 bridgehead atoms. The molecular formula is C22H18ClN3O2S2. The number of benzene rings is 2. The lowest BCUT2D eigenvalue weighted by atomic mass is 10.3. The Bertz CT molecular complexity index is 1150. The van der Waals surface area contributed by atoms with E-state index in [0.717, 1.165) is 31.4 Å². The van der Waals surface area contributed by atoms with Crippen molar-refractivity contribution < 1.29 is 9.47 Å². The van der Waals surface area contributed by atoms with Crippen LogP contribution in [0.5, 0.6) is 17.2 Å². The van der Waals surface area contributed by atoms with Crippen molar-refractivity contribution in [2.45, 2.75) is 16.0 Å². The molecule has 0 saturated heterocycles. The number of pyridine rings is 1. The lowest BCUT2D eigenvalue weighted by Gasteiger charge is -2.10. The Labute approximate surface area is 188 Å². The van der Waals surface area contributed by atoms with Gasteiger partial charge in [-0.3, -0.25) is 0 Å². The molecule has 0 amide bonds. The fraction of sp³-hybridized carbons (Fsp3) is 0.0909. The molecule has 0 spiro atoms. The lowest BCUT2D eigenvalue weighted by Crippen LogP contribution is -1.96. The predicted molar refractivity (Wildman–Crippen MR) is 123 cm³/mol. The number of halogens is 1. The van der Waals surface area contributed by atoms with Gasteiger partial charge in [-0.15, -0.1) is 0 Å². The molecule has 5 nitrogen and oxygen atoms in total. The highest BCUT2D eigenvalue weighted by molar-refractivity contribution is 8.01. The highest BCUT2D eigenvalue weighted by Crippen LogP contribution is 2.42. The molecular weight excluding hydrogens is 438 g/mol. The Morgan fingerprint density at radius 3 is 2.67 bits per heavy atom. The normalized spacial score (nSPS) is 10.6. The van der Waals surface area contributed by atoms with Gasteiger partial charge in [0, 0.05) is 11.1 Å². The van der Waals surface area contributed by atoms with Crippen LogP contribution in [0.1, 0.15) is 5.69 Å². The van der Waals surface area contributed by atoms with E-state index in [2.05, 4.69) is 15.3 Å². The van der Waals surface area contributed by atoms with Crippen LogP contribution in [0.2, 0.25) is 5.02 Å². The predicted octanol–water partition coefficient (Wildman–Crippen LogP) is 7.20. The number of methoxy groups -OCH3 is 1. The van der Waals surface area contributed by atoms with Gasteiger partial charge in [-0.05, 0) is 49.4 Å². The highest BCUT2D eigenvalue weighted by atomic mass is 35.5. The molecule has 0 radical (unpaired) electrons. The molecule has 152 valence electrons. The monoisotopic (exact) mass is 455 g/mol. The van der Waals surface area contributed by atoms with Gasteiger partial charge in [-0.2, -0.15) is 0 Å². The SMILES string of the molecule is COc1ccc(Cl)c(Sc2sc(Nc3ncccc3Oc3ccccc3)nc2C)c1. The van der Waals surface area contributed by atoms with Crippen LogP contribution in [-0.2, 0) is 0 Å². The zero-order valence-corrected chi connectivity index (χ0v) is 18.6. The van der Waals surface area contributed by atoms with E-state index in [1.165, 1.54) is 11.3 Å². The van der Waals surface area contributed by atoms with E-state index >= 15 is 0 Å². The first kappa shape index (κ1) is 20.5. The van der Waals surface area contributed by atoms with Crippen molar-refractivity contribution in [1.29, 1.82) is 0 Å². The molecule has 0 atom stereocenters. The van der Waals surface area contributed by atoms with Crippen molar-refractivity contribution >= 4 is 45.6 Å². The number of anilines is 2. The molecule has 2 heterocycles. The molecule has 8 heteroatoms. The minimum Gasteiger partial charge on any atom is -0.497 e. The van der Waals surface area contributed by atoms with Crippen LogP contribution in [-0.4, -0.2) is 17.1 Å². The van der Waals surface area contributed by atoms with E-state index in [1.807, 2.05) is 67.6 Å². The molecule has 0 aliphatic carbocycles. The third kappa shape index (κ3) is 4.87. The van der Waals surface area contributed by atoms with Gasteiger partial charge in [0.2, 0.25) is 0 Å². The first-order valence-electron chi connectivity index (χ1n) is 9.06. The summed E-state index contributed by atoms with van der Waals surface area (Å²) < 4.78 is 12.3. The fourth-order valence-corrected chi connectivity index (χ4v) is 4.94. The Balaban J connectivity index is 1.55.